The zero-order valence-corrected chi connectivity index (χ0v) is 18.5. The van der Waals surface area contributed by atoms with Crippen LogP contribution in [0, 0.1) is 5.82 Å². The molecule has 0 saturated carbocycles. The number of hydrogen-bond acceptors (Lipinski definition) is 8. The van der Waals surface area contributed by atoms with Gasteiger partial charge in [0, 0.05) is 18.0 Å². The standard InChI is InChI=1S/C22H20F4N6O3/c1-11(18-27-7-14(8-28-18)13-4-3-5-15(6-13)22(24,25)26)30-20-29-9-16(23)19(31-20)32-17(12(2)33)10-35-21(32)34/h3-9,11-12,17,33H,10H2,1-2H3,(H,29,30,31)/t11-,12+,17+/m0/s1. The van der Waals surface area contributed by atoms with Crippen molar-refractivity contribution in [1.82, 2.24) is 19.9 Å². The molecular weight excluding hydrogens is 472 g/mol. The van der Waals surface area contributed by atoms with Crippen LogP contribution in [0.5, 0.6) is 0 Å². The predicted octanol–water partition coefficient (Wildman–Crippen LogP) is 3.97. The van der Waals surface area contributed by atoms with Crippen molar-refractivity contribution < 1.29 is 32.2 Å². The SMILES string of the molecule is C[C@H](Nc1ncc(F)c(N2C(=O)OC[C@@H]2[C@@H](C)O)n1)c1ncc(-c2cccc(C(F)(F)F)c2)cn1. The minimum absolute atomic E-state index is 0.0384. The molecule has 1 amide bonds. The Bertz CT molecular complexity index is 1220. The molecule has 3 atom stereocenters. The molecule has 0 aliphatic carbocycles. The lowest BCUT2D eigenvalue weighted by molar-refractivity contribution is -0.137. The van der Waals surface area contributed by atoms with Gasteiger partial charge in [-0.1, -0.05) is 12.1 Å². The van der Waals surface area contributed by atoms with E-state index in [9.17, 15) is 27.5 Å². The number of halogens is 4. The van der Waals surface area contributed by atoms with Gasteiger partial charge in [0.05, 0.1) is 23.9 Å². The summed E-state index contributed by atoms with van der Waals surface area (Å²) in [5.41, 5.74) is -0.0779. The van der Waals surface area contributed by atoms with E-state index in [2.05, 4.69) is 25.3 Å². The molecule has 0 radical (unpaired) electrons. The van der Waals surface area contributed by atoms with E-state index in [0.717, 1.165) is 23.2 Å². The number of hydrogen-bond donors (Lipinski definition) is 2. The maximum atomic E-state index is 14.4. The van der Waals surface area contributed by atoms with E-state index in [1.807, 2.05) is 0 Å². The Balaban J connectivity index is 1.52. The number of anilines is 2. The Hall–Kier alpha value is -3.87. The smallest absolute Gasteiger partial charge is 0.416 e. The van der Waals surface area contributed by atoms with E-state index in [1.165, 1.54) is 31.5 Å². The van der Waals surface area contributed by atoms with Crippen LogP contribution in [-0.2, 0) is 10.9 Å². The second-order valence-electron chi connectivity index (χ2n) is 7.89. The molecular formula is C22H20F4N6O3. The fraction of sp³-hybridized carbons (Fsp3) is 0.318. The molecule has 1 fully saturated rings. The molecule has 0 spiro atoms. The Kier molecular flexibility index (Phi) is 6.52. The van der Waals surface area contributed by atoms with E-state index in [0.29, 0.717) is 11.1 Å². The number of carbonyl (C=O) groups is 1. The number of benzene rings is 1. The fourth-order valence-corrected chi connectivity index (χ4v) is 3.48. The molecule has 9 nitrogen and oxygen atoms in total. The van der Waals surface area contributed by atoms with Crippen LogP contribution in [0.2, 0.25) is 0 Å². The van der Waals surface area contributed by atoms with Crippen LogP contribution in [0.3, 0.4) is 0 Å². The van der Waals surface area contributed by atoms with Gasteiger partial charge in [0.1, 0.15) is 18.5 Å². The summed E-state index contributed by atoms with van der Waals surface area (Å²) in [4.78, 5) is 29.3. The molecule has 184 valence electrons. The summed E-state index contributed by atoms with van der Waals surface area (Å²) in [6, 6.07) is 3.42. The third-order valence-electron chi connectivity index (χ3n) is 5.34. The van der Waals surface area contributed by atoms with E-state index in [1.54, 1.807) is 6.92 Å². The molecule has 1 aromatic carbocycles. The van der Waals surface area contributed by atoms with Gasteiger partial charge in [-0.3, -0.25) is 0 Å². The first-order valence-corrected chi connectivity index (χ1v) is 10.5. The molecule has 0 unspecified atom stereocenters. The van der Waals surface area contributed by atoms with Crippen molar-refractivity contribution >= 4 is 17.9 Å². The third-order valence-corrected chi connectivity index (χ3v) is 5.34. The molecule has 1 aliphatic rings. The maximum absolute atomic E-state index is 14.4. The van der Waals surface area contributed by atoms with Gasteiger partial charge in [-0.2, -0.15) is 18.2 Å². The zero-order valence-electron chi connectivity index (χ0n) is 18.5. The molecule has 1 saturated heterocycles. The van der Waals surface area contributed by atoms with Gasteiger partial charge >= 0.3 is 12.3 Å². The second-order valence-corrected chi connectivity index (χ2v) is 7.89. The van der Waals surface area contributed by atoms with Crippen LogP contribution >= 0.6 is 0 Å². The number of amides is 1. The molecule has 1 aliphatic heterocycles. The molecule has 2 N–H and O–H groups in total. The van der Waals surface area contributed by atoms with Crippen molar-refractivity contribution in [1.29, 1.82) is 0 Å². The number of nitrogens with zero attached hydrogens (tertiary/aromatic N) is 5. The number of ether oxygens (including phenoxy) is 1. The molecule has 3 aromatic rings. The van der Waals surface area contributed by atoms with E-state index in [-0.39, 0.29) is 24.2 Å². The minimum atomic E-state index is -4.47. The average Bonchev–Trinajstić information content (AvgIpc) is 3.21. The molecule has 35 heavy (non-hydrogen) atoms. The quantitative estimate of drug-likeness (QED) is 0.497. The van der Waals surface area contributed by atoms with Crippen LogP contribution in [0.25, 0.3) is 11.1 Å². The lowest BCUT2D eigenvalue weighted by Gasteiger charge is -2.23. The lowest BCUT2D eigenvalue weighted by Crippen LogP contribution is -2.42. The molecule has 0 bridgehead atoms. The fourth-order valence-electron chi connectivity index (χ4n) is 3.48. The first-order valence-electron chi connectivity index (χ1n) is 10.5. The number of rotatable bonds is 6. The van der Waals surface area contributed by atoms with Crippen LogP contribution in [0.1, 0.15) is 31.3 Å². The topological polar surface area (TPSA) is 113 Å². The normalized spacial score (nSPS) is 17.7. The van der Waals surface area contributed by atoms with E-state index < -0.39 is 41.8 Å². The Morgan fingerprint density at radius 3 is 2.51 bits per heavy atom. The van der Waals surface area contributed by atoms with E-state index in [4.69, 9.17) is 4.74 Å². The summed E-state index contributed by atoms with van der Waals surface area (Å²) < 4.78 is 58.3. The number of aliphatic hydroxyl groups excluding tert-OH is 1. The summed E-state index contributed by atoms with van der Waals surface area (Å²) in [6.45, 7) is 3.00. The Morgan fingerprint density at radius 1 is 1.14 bits per heavy atom. The summed E-state index contributed by atoms with van der Waals surface area (Å²) in [5.74, 6) is -1.00. The van der Waals surface area contributed by atoms with Crippen LogP contribution < -0.4 is 10.2 Å². The van der Waals surface area contributed by atoms with Gasteiger partial charge in [-0.25, -0.2) is 29.0 Å². The van der Waals surface area contributed by atoms with Gasteiger partial charge in [0.2, 0.25) is 5.95 Å². The van der Waals surface area contributed by atoms with Gasteiger partial charge < -0.3 is 15.2 Å². The highest BCUT2D eigenvalue weighted by molar-refractivity contribution is 5.89. The highest BCUT2D eigenvalue weighted by atomic mass is 19.4. The van der Waals surface area contributed by atoms with Crippen LogP contribution in [0.4, 0.5) is 34.1 Å². The molecule has 3 heterocycles. The van der Waals surface area contributed by atoms with Crippen LogP contribution in [0.15, 0.2) is 42.9 Å². The van der Waals surface area contributed by atoms with Crippen molar-refractivity contribution in [2.75, 3.05) is 16.8 Å². The maximum Gasteiger partial charge on any atom is 0.416 e. The van der Waals surface area contributed by atoms with Crippen molar-refractivity contribution in [3.8, 4) is 11.1 Å². The second kappa shape index (κ2) is 9.41. The Labute approximate surface area is 196 Å². The Morgan fingerprint density at radius 2 is 1.86 bits per heavy atom. The molecule has 4 rings (SSSR count). The van der Waals surface area contributed by atoms with Gasteiger partial charge in [0.15, 0.2) is 11.6 Å². The summed E-state index contributed by atoms with van der Waals surface area (Å²) in [5, 5.41) is 12.8. The first-order chi connectivity index (χ1) is 16.5. The molecule has 2 aromatic heterocycles. The molecule has 13 heteroatoms. The number of aliphatic hydroxyl groups is 1. The predicted molar refractivity (Wildman–Crippen MR) is 116 cm³/mol. The highest BCUT2D eigenvalue weighted by Gasteiger charge is 2.40. The monoisotopic (exact) mass is 492 g/mol. The van der Waals surface area contributed by atoms with Gasteiger partial charge in [-0.15, -0.1) is 0 Å². The van der Waals surface area contributed by atoms with Crippen molar-refractivity contribution in [2.24, 2.45) is 0 Å². The van der Waals surface area contributed by atoms with Gasteiger partial charge in [0.25, 0.3) is 0 Å². The van der Waals surface area contributed by atoms with Crippen molar-refractivity contribution in [3.63, 3.8) is 0 Å². The lowest BCUT2D eigenvalue weighted by atomic mass is 10.1. The number of cyclic esters (lactones) is 1. The summed E-state index contributed by atoms with van der Waals surface area (Å²) >= 11 is 0. The number of nitrogens with one attached hydrogen (secondary N) is 1. The minimum Gasteiger partial charge on any atom is -0.447 e. The first kappa shape index (κ1) is 24.3. The van der Waals surface area contributed by atoms with Crippen molar-refractivity contribution in [2.45, 2.75) is 38.2 Å². The van der Waals surface area contributed by atoms with Crippen LogP contribution in [-0.4, -0.2) is 49.9 Å². The number of carbonyl (C=O) groups excluding carboxylic acids is 1. The average molecular weight is 492 g/mol. The number of alkyl halides is 3. The third kappa shape index (κ3) is 5.14. The van der Waals surface area contributed by atoms with Crippen molar-refractivity contribution in [3.05, 3.63) is 60.1 Å². The summed E-state index contributed by atoms with van der Waals surface area (Å²) in [6.07, 6.45) is -2.65. The van der Waals surface area contributed by atoms with Gasteiger partial charge in [-0.05, 0) is 31.5 Å². The van der Waals surface area contributed by atoms with E-state index >= 15 is 0 Å². The largest absolute Gasteiger partial charge is 0.447 e. The number of aromatic nitrogens is 4. The zero-order chi connectivity index (χ0) is 25.3. The highest BCUT2D eigenvalue weighted by Crippen LogP contribution is 2.32. The summed E-state index contributed by atoms with van der Waals surface area (Å²) in [7, 11) is 0.